The van der Waals surface area contributed by atoms with E-state index in [-0.39, 0.29) is 34.6 Å². The number of benzene rings is 3. The summed E-state index contributed by atoms with van der Waals surface area (Å²) >= 11 is 0. The van der Waals surface area contributed by atoms with Crippen molar-refractivity contribution in [1.29, 1.82) is 0 Å². The largest absolute Gasteiger partial charge is 0.493 e. The van der Waals surface area contributed by atoms with Crippen molar-refractivity contribution in [2.45, 2.75) is 19.8 Å². The van der Waals surface area contributed by atoms with E-state index in [9.17, 15) is 14.6 Å². The van der Waals surface area contributed by atoms with Crippen LogP contribution in [0.5, 0.6) is 11.8 Å². The number of para-hydroxylation sites is 2. The van der Waals surface area contributed by atoms with Crippen LogP contribution in [0.15, 0.2) is 84.9 Å². The number of hydrogen-bond acceptors (Lipinski definition) is 4. The molecule has 0 aliphatic heterocycles. The smallest absolute Gasteiger partial charge is 0.218 e. The molecule has 0 bridgehead atoms. The van der Waals surface area contributed by atoms with Gasteiger partial charge in [0, 0.05) is 34.1 Å². The number of aromatic hydroxyl groups is 2. The quantitative estimate of drug-likeness (QED) is 0.306. The summed E-state index contributed by atoms with van der Waals surface area (Å²) in [5.41, 5.74) is 4.30. The van der Waals surface area contributed by atoms with Crippen LogP contribution in [0.1, 0.15) is 34.0 Å². The number of hydrogen-bond donors (Lipinski definition) is 2. The van der Waals surface area contributed by atoms with Gasteiger partial charge in [0.2, 0.25) is 11.8 Å². The average molecular weight is 518 g/mol. The van der Waals surface area contributed by atoms with Gasteiger partial charge in [0.25, 0.3) is 0 Å². The second kappa shape index (κ2) is 9.78. The molecule has 3 aromatic carbocycles. The van der Waals surface area contributed by atoms with Crippen molar-refractivity contribution >= 4 is 0 Å². The SMILES string of the molecule is Cc1nn(-c2ccccc2)c(O)c1C(c1ccc(F)cc1)c1c(C)nn(-c2ccccc2)c1O.[Cu]. The summed E-state index contributed by atoms with van der Waals surface area (Å²) in [5, 5.41) is 31.8. The van der Waals surface area contributed by atoms with Gasteiger partial charge < -0.3 is 10.2 Å². The monoisotopic (exact) mass is 517 g/mol. The Morgan fingerprint density at radius 1 is 0.657 bits per heavy atom. The summed E-state index contributed by atoms with van der Waals surface area (Å²) in [6, 6.07) is 24.6. The van der Waals surface area contributed by atoms with E-state index >= 15 is 0 Å². The van der Waals surface area contributed by atoms with Crippen LogP contribution in [-0.4, -0.2) is 29.8 Å². The van der Waals surface area contributed by atoms with E-state index in [0.717, 1.165) is 0 Å². The van der Waals surface area contributed by atoms with E-state index < -0.39 is 5.92 Å². The van der Waals surface area contributed by atoms with Crippen LogP contribution in [0.2, 0.25) is 0 Å². The molecule has 0 saturated heterocycles. The summed E-state index contributed by atoms with van der Waals surface area (Å²) in [5.74, 6) is -1.10. The second-order valence-corrected chi connectivity index (χ2v) is 8.12. The molecule has 181 valence electrons. The van der Waals surface area contributed by atoms with Gasteiger partial charge in [-0.15, -0.1) is 0 Å². The van der Waals surface area contributed by atoms with Gasteiger partial charge in [0.15, 0.2) is 0 Å². The summed E-state index contributed by atoms with van der Waals surface area (Å²) in [6.07, 6.45) is 0. The Morgan fingerprint density at radius 2 is 1.06 bits per heavy atom. The average Bonchev–Trinajstić information content (AvgIpc) is 3.32. The first-order valence-electron chi connectivity index (χ1n) is 10.9. The summed E-state index contributed by atoms with van der Waals surface area (Å²) in [4.78, 5) is 0. The first-order valence-corrected chi connectivity index (χ1v) is 10.9. The molecule has 0 aliphatic carbocycles. The second-order valence-electron chi connectivity index (χ2n) is 8.12. The van der Waals surface area contributed by atoms with Gasteiger partial charge >= 0.3 is 0 Å². The van der Waals surface area contributed by atoms with Crippen molar-refractivity contribution in [3.8, 4) is 23.1 Å². The minimum absolute atomic E-state index is 0. The molecule has 5 rings (SSSR count). The number of halogens is 1. The van der Waals surface area contributed by atoms with E-state index in [1.807, 2.05) is 60.7 Å². The van der Waals surface area contributed by atoms with Gasteiger partial charge in [-0.1, -0.05) is 48.5 Å². The number of aromatic nitrogens is 4. The number of rotatable bonds is 5. The summed E-state index contributed by atoms with van der Waals surface area (Å²) in [6.45, 7) is 3.61. The Bertz CT molecular complexity index is 1360. The van der Waals surface area contributed by atoms with Crippen molar-refractivity contribution in [2.75, 3.05) is 0 Å². The molecule has 2 N–H and O–H groups in total. The Labute approximate surface area is 212 Å². The first kappa shape index (κ1) is 24.3. The molecular weight excluding hydrogens is 495 g/mol. The Kier molecular flexibility index (Phi) is 6.78. The van der Waals surface area contributed by atoms with Crippen LogP contribution in [-0.2, 0) is 17.1 Å². The van der Waals surface area contributed by atoms with Crippen molar-refractivity contribution < 1.29 is 31.7 Å². The zero-order valence-electron chi connectivity index (χ0n) is 19.0. The fraction of sp³-hybridized carbons (Fsp3) is 0.111. The molecule has 1 radical (unpaired) electrons. The predicted octanol–water partition coefficient (Wildman–Crippen LogP) is 5.40. The predicted molar refractivity (Wildman–Crippen MR) is 127 cm³/mol. The van der Waals surface area contributed by atoms with Crippen LogP contribution < -0.4 is 0 Å². The molecule has 8 heteroatoms. The van der Waals surface area contributed by atoms with Crippen molar-refractivity contribution in [3.05, 3.63) is 119 Å². The van der Waals surface area contributed by atoms with E-state index in [0.29, 0.717) is 39.5 Å². The van der Waals surface area contributed by atoms with E-state index in [1.165, 1.54) is 21.5 Å². The maximum Gasteiger partial charge on any atom is 0.218 e. The summed E-state index contributed by atoms with van der Waals surface area (Å²) < 4.78 is 16.7. The normalized spacial score (nSPS) is 11.0. The Balaban J connectivity index is 0.00000289. The maximum atomic E-state index is 13.8. The van der Waals surface area contributed by atoms with Crippen molar-refractivity contribution in [3.63, 3.8) is 0 Å². The van der Waals surface area contributed by atoms with Crippen LogP contribution >= 0.6 is 0 Å². The fourth-order valence-corrected chi connectivity index (χ4v) is 4.36. The van der Waals surface area contributed by atoms with E-state index in [4.69, 9.17) is 0 Å². The zero-order valence-corrected chi connectivity index (χ0v) is 20.0. The third-order valence-electron chi connectivity index (χ3n) is 5.94. The van der Waals surface area contributed by atoms with Crippen LogP contribution in [0.3, 0.4) is 0 Å². The van der Waals surface area contributed by atoms with Crippen LogP contribution in [0.25, 0.3) is 11.4 Å². The molecule has 0 saturated carbocycles. The standard InChI is InChI=1S/C27H23FN4O2.Cu/c1-17-23(26(33)31(29-17)21-9-5-3-6-10-21)25(19-13-15-20(28)16-14-19)24-18(2)30-32(27(24)34)22-11-7-4-8-12-22;/h3-16,25,33-34H,1-2H3;. The first-order chi connectivity index (χ1) is 16.5. The molecule has 5 aromatic rings. The van der Waals surface area contributed by atoms with Crippen LogP contribution in [0.4, 0.5) is 4.39 Å². The molecular formula is C27H23CuFN4O2. The maximum absolute atomic E-state index is 13.8. The fourth-order valence-electron chi connectivity index (χ4n) is 4.36. The Hall–Kier alpha value is -3.87. The molecule has 2 aromatic heterocycles. The molecule has 2 heterocycles. The molecule has 0 atom stereocenters. The molecule has 6 nitrogen and oxygen atoms in total. The van der Waals surface area contributed by atoms with Crippen molar-refractivity contribution in [2.24, 2.45) is 0 Å². The zero-order chi connectivity index (χ0) is 23.8. The molecule has 0 aliphatic rings. The third-order valence-corrected chi connectivity index (χ3v) is 5.94. The van der Waals surface area contributed by atoms with Gasteiger partial charge in [-0.3, -0.25) is 0 Å². The van der Waals surface area contributed by atoms with Gasteiger partial charge in [-0.2, -0.15) is 10.2 Å². The summed E-state index contributed by atoms with van der Waals surface area (Å²) in [7, 11) is 0. The molecule has 0 amide bonds. The molecule has 0 spiro atoms. The molecule has 0 fully saturated rings. The van der Waals surface area contributed by atoms with Gasteiger partial charge in [-0.25, -0.2) is 13.8 Å². The molecule has 0 unspecified atom stereocenters. The van der Waals surface area contributed by atoms with Crippen LogP contribution in [0, 0.1) is 19.7 Å². The Morgan fingerprint density at radius 3 is 1.46 bits per heavy atom. The van der Waals surface area contributed by atoms with E-state index in [1.54, 1.807) is 26.0 Å². The topological polar surface area (TPSA) is 76.1 Å². The minimum Gasteiger partial charge on any atom is -0.493 e. The third kappa shape index (κ3) is 4.34. The van der Waals surface area contributed by atoms with Gasteiger partial charge in [0.05, 0.1) is 22.8 Å². The van der Waals surface area contributed by atoms with E-state index in [2.05, 4.69) is 10.2 Å². The minimum atomic E-state index is -0.629. The van der Waals surface area contributed by atoms with Gasteiger partial charge in [0.1, 0.15) is 5.82 Å². The number of nitrogens with zero attached hydrogens (tertiary/aromatic N) is 4. The van der Waals surface area contributed by atoms with Gasteiger partial charge in [-0.05, 0) is 55.8 Å². The number of aryl methyl sites for hydroxylation is 2. The molecule has 35 heavy (non-hydrogen) atoms. The van der Waals surface area contributed by atoms with Crippen molar-refractivity contribution in [1.82, 2.24) is 19.6 Å².